The van der Waals surface area contributed by atoms with E-state index in [-0.39, 0.29) is 30.6 Å². The topological polar surface area (TPSA) is 58.6 Å². The van der Waals surface area contributed by atoms with Crippen LogP contribution in [-0.2, 0) is 29.0 Å². The summed E-state index contributed by atoms with van der Waals surface area (Å²) in [5, 5.41) is 3.03. The van der Waals surface area contributed by atoms with Gasteiger partial charge in [0.2, 0.25) is 11.8 Å². The van der Waals surface area contributed by atoms with Crippen molar-refractivity contribution in [1.29, 1.82) is 0 Å². The number of amides is 2. The summed E-state index contributed by atoms with van der Waals surface area (Å²) >= 11 is 0. The van der Waals surface area contributed by atoms with Gasteiger partial charge in [-0.1, -0.05) is 84.9 Å². The van der Waals surface area contributed by atoms with Crippen molar-refractivity contribution in [2.24, 2.45) is 0 Å². The molecule has 5 nitrogen and oxygen atoms in total. The Bertz CT molecular complexity index is 1310. The second kappa shape index (κ2) is 13.2. The molecule has 0 radical (unpaired) electrons. The fraction of sp³-hybridized carbons (Fsp3) is 0.188. The van der Waals surface area contributed by atoms with Crippen molar-refractivity contribution in [2.45, 2.75) is 25.4 Å². The lowest BCUT2D eigenvalue weighted by molar-refractivity contribution is -0.141. The molecule has 0 aliphatic rings. The number of carbonyl (C=O) groups is 2. The van der Waals surface area contributed by atoms with Crippen molar-refractivity contribution >= 4 is 11.8 Å². The zero-order chi connectivity index (χ0) is 26.7. The molecule has 194 valence electrons. The number of halogens is 1. The molecule has 2 amide bonds. The summed E-state index contributed by atoms with van der Waals surface area (Å²) in [7, 11) is 1.62. The van der Waals surface area contributed by atoms with Crippen LogP contribution in [0.2, 0.25) is 0 Å². The highest BCUT2D eigenvalue weighted by Crippen LogP contribution is 2.25. The maximum Gasteiger partial charge on any atom is 0.247 e. The predicted octanol–water partition coefficient (Wildman–Crippen LogP) is 5.51. The van der Waals surface area contributed by atoms with Crippen LogP contribution < -0.4 is 10.1 Å². The molecule has 0 heterocycles. The van der Waals surface area contributed by atoms with Gasteiger partial charge in [-0.05, 0) is 52.9 Å². The van der Waals surface area contributed by atoms with Gasteiger partial charge in [-0.3, -0.25) is 9.59 Å². The highest BCUT2D eigenvalue weighted by Gasteiger charge is 2.31. The molecule has 4 aromatic carbocycles. The Morgan fingerprint density at radius 3 is 2.03 bits per heavy atom. The Balaban J connectivity index is 1.59. The minimum absolute atomic E-state index is 0.143. The summed E-state index contributed by atoms with van der Waals surface area (Å²) in [5.74, 6) is -0.0463. The number of hydrogen-bond acceptors (Lipinski definition) is 3. The molecular formula is C32H31FN2O3. The van der Waals surface area contributed by atoms with Crippen LogP contribution >= 0.6 is 0 Å². The van der Waals surface area contributed by atoms with Crippen LogP contribution in [0.15, 0.2) is 109 Å². The molecule has 0 aliphatic carbocycles. The van der Waals surface area contributed by atoms with E-state index >= 15 is 0 Å². The summed E-state index contributed by atoms with van der Waals surface area (Å²) in [6, 6.07) is 31.6. The van der Waals surface area contributed by atoms with Crippen LogP contribution in [0, 0.1) is 5.82 Å². The van der Waals surface area contributed by atoms with E-state index in [4.69, 9.17) is 4.74 Å². The first-order valence-corrected chi connectivity index (χ1v) is 12.6. The average molecular weight is 511 g/mol. The fourth-order valence-corrected chi connectivity index (χ4v) is 4.31. The minimum Gasteiger partial charge on any atom is -0.497 e. The van der Waals surface area contributed by atoms with Gasteiger partial charge in [0.15, 0.2) is 0 Å². The van der Waals surface area contributed by atoms with E-state index in [0.29, 0.717) is 18.5 Å². The lowest BCUT2D eigenvalue weighted by atomic mass is 10.0. The van der Waals surface area contributed by atoms with E-state index in [9.17, 15) is 14.0 Å². The third-order valence-electron chi connectivity index (χ3n) is 6.33. The maximum atomic E-state index is 13.7. The lowest BCUT2D eigenvalue weighted by Gasteiger charge is -2.32. The van der Waals surface area contributed by atoms with E-state index < -0.39 is 6.04 Å². The molecule has 0 spiro atoms. The van der Waals surface area contributed by atoms with Gasteiger partial charge in [0, 0.05) is 13.1 Å². The third kappa shape index (κ3) is 7.29. The van der Waals surface area contributed by atoms with Crippen molar-refractivity contribution in [3.63, 3.8) is 0 Å². The van der Waals surface area contributed by atoms with Crippen LogP contribution in [0.3, 0.4) is 0 Å². The fourth-order valence-electron chi connectivity index (χ4n) is 4.31. The molecular weight excluding hydrogens is 479 g/mol. The van der Waals surface area contributed by atoms with Crippen molar-refractivity contribution in [3.8, 4) is 5.75 Å². The normalized spacial score (nSPS) is 11.4. The van der Waals surface area contributed by atoms with Crippen molar-refractivity contribution in [1.82, 2.24) is 10.2 Å². The maximum absolute atomic E-state index is 13.7. The standard InChI is InChI=1S/C32H31FN2O3/c1-38-29-18-14-24(15-19-29)20-21-34-32(37)31(27-10-6-3-7-11-27)35(23-26-12-16-28(33)17-13-26)30(36)22-25-8-4-2-5-9-25/h2-19,31H,20-23H2,1H3,(H,34,37)/t31-/m0/s1. The van der Waals surface area contributed by atoms with E-state index in [2.05, 4.69) is 5.32 Å². The highest BCUT2D eigenvalue weighted by atomic mass is 19.1. The number of carbonyl (C=O) groups excluding carboxylic acids is 2. The molecule has 0 fully saturated rings. The van der Waals surface area contributed by atoms with Gasteiger partial charge in [0.05, 0.1) is 13.5 Å². The van der Waals surface area contributed by atoms with E-state index in [1.807, 2.05) is 84.9 Å². The van der Waals surface area contributed by atoms with Crippen LogP contribution in [0.5, 0.6) is 5.75 Å². The number of hydrogen-bond donors (Lipinski definition) is 1. The van der Waals surface area contributed by atoms with E-state index in [0.717, 1.165) is 22.4 Å². The zero-order valence-corrected chi connectivity index (χ0v) is 21.3. The molecule has 1 atom stereocenters. The molecule has 0 aromatic heterocycles. The van der Waals surface area contributed by atoms with Gasteiger partial charge in [-0.25, -0.2) is 4.39 Å². The molecule has 4 rings (SSSR count). The number of ether oxygens (including phenoxy) is 1. The highest BCUT2D eigenvalue weighted by molar-refractivity contribution is 5.89. The summed E-state index contributed by atoms with van der Waals surface area (Å²) in [4.78, 5) is 29.0. The number of methoxy groups -OCH3 is 1. The third-order valence-corrected chi connectivity index (χ3v) is 6.33. The minimum atomic E-state index is -0.853. The molecule has 38 heavy (non-hydrogen) atoms. The monoisotopic (exact) mass is 510 g/mol. The van der Waals surface area contributed by atoms with Crippen LogP contribution in [-0.4, -0.2) is 30.4 Å². The molecule has 4 aromatic rings. The molecule has 0 aliphatic heterocycles. The largest absolute Gasteiger partial charge is 0.497 e. The predicted molar refractivity (Wildman–Crippen MR) is 146 cm³/mol. The SMILES string of the molecule is COc1ccc(CCNC(=O)[C@H](c2ccccc2)N(Cc2ccc(F)cc2)C(=O)Cc2ccccc2)cc1. The second-order valence-electron chi connectivity index (χ2n) is 9.01. The van der Waals surface area contributed by atoms with Gasteiger partial charge in [0.25, 0.3) is 0 Å². The molecule has 0 saturated carbocycles. The van der Waals surface area contributed by atoms with Crippen LogP contribution in [0.4, 0.5) is 4.39 Å². The summed E-state index contributed by atoms with van der Waals surface area (Å²) in [5.41, 5.74) is 3.36. The van der Waals surface area contributed by atoms with Crippen molar-refractivity contribution in [2.75, 3.05) is 13.7 Å². The Labute approximate surface area is 222 Å². The smallest absolute Gasteiger partial charge is 0.247 e. The first kappa shape index (κ1) is 26.6. The van der Waals surface area contributed by atoms with Crippen molar-refractivity contribution < 1.29 is 18.7 Å². The van der Waals surface area contributed by atoms with Gasteiger partial charge in [-0.15, -0.1) is 0 Å². The lowest BCUT2D eigenvalue weighted by Crippen LogP contribution is -2.44. The average Bonchev–Trinajstić information content (AvgIpc) is 2.95. The van der Waals surface area contributed by atoms with Gasteiger partial charge in [0.1, 0.15) is 17.6 Å². The molecule has 1 N–H and O–H groups in total. The van der Waals surface area contributed by atoms with Gasteiger partial charge < -0.3 is 15.0 Å². The Kier molecular flexibility index (Phi) is 9.24. The first-order chi connectivity index (χ1) is 18.5. The first-order valence-electron chi connectivity index (χ1n) is 12.6. The molecule has 0 saturated heterocycles. The van der Waals surface area contributed by atoms with Gasteiger partial charge in [-0.2, -0.15) is 0 Å². The molecule has 0 bridgehead atoms. The Morgan fingerprint density at radius 1 is 0.789 bits per heavy atom. The number of nitrogens with one attached hydrogen (secondary N) is 1. The van der Waals surface area contributed by atoms with E-state index in [1.54, 1.807) is 24.1 Å². The van der Waals surface area contributed by atoms with Crippen LogP contribution in [0.1, 0.15) is 28.3 Å². The molecule has 0 unspecified atom stereocenters. The number of rotatable bonds is 11. The van der Waals surface area contributed by atoms with Crippen molar-refractivity contribution in [3.05, 3.63) is 137 Å². The second-order valence-corrected chi connectivity index (χ2v) is 9.01. The Hall–Kier alpha value is -4.45. The summed E-state index contributed by atoms with van der Waals surface area (Å²) < 4.78 is 18.8. The quantitative estimate of drug-likeness (QED) is 0.290. The number of nitrogens with zero attached hydrogens (tertiary/aromatic N) is 1. The van der Waals surface area contributed by atoms with Gasteiger partial charge >= 0.3 is 0 Å². The van der Waals surface area contributed by atoms with Crippen LogP contribution in [0.25, 0.3) is 0 Å². The Morgan fingerprint density at radius 2 is 1.39 bits per heavy atom. The zero-order valence-electron chi connectivity index (χ0n) is 21.3. The summed E-state index contributed by atoms with van der Waals surface area (Å²) in [6.07, 6.45) is 0.775. The van der Waals surface area contributed by atoms with E-state index in [1.165, 1.54) is 12.1 Å². The summed E-state index contributed by atoms with van der Waals surface area (Å²) in [6.45, 7) is 0.573. The molecule has 6 heteroatoms. The number of benzene rings is 4.